The molecule has 0 spiro atoms. The minimum absolute atomic E-state index is 0.0472. The van der Waals surface area contributed by atoms with Gasteiger partial charge in [0, 0.05) is 0 Å². The second-order valence-electron chi connectivity index (χ2n) is 3.25. The molecular weight excluding hydrogens is 231 g/mol. The highest BCUT2D eigenvalue weighted by Gasteiger charge is 2.31. The van der Waals surface area contributed by atoms with Crippen molar-refractivity contribution in [3.05, 3.63) is 29.3 Å². The maximum atomic E-state index is 12.4. The Morgan fingerprint density at radius 3 is 2.53 bits per heavy atom. The van der Waals surface area contributed by atoms with E-state index in [9.17, 15) is 13.2 Å². The van der Waals surface area contributed by atoms with Gasteiger partial charge < -0.3 is 4.74 Å². The molecule has 1 aromatic rings. The zero-order valence-electron chi connectivity index (χ0n) is 8.88. The van der Waals surface area contributed by atoms with Crippen LogP contribution in [-0.4, -0.2) is 6.10 Å². The van der Waals surface area contributed by atoms with Crippen molar-refractivity contribution in [1.29, 1.82) is 5.26 Å². The predicted molar refractivity (Wildman–Crippen MR) is 55.1 cm³/mol. The number of hydrogen-bond acceptors (Lipinski definition) is 2. The number of benzene rings is 1. The molecule has 0 aliphatic rings. The van der Waals surface area contributed by atoms with Gasteiger partial charge in [0.2, 0.25) is 0 Å². The van der Waals surface area contributed by atoms with E-state index in [0.717, 1.165) is 18.2 Å². The molecular formula is C12H8F3NO. The van der Waals surface area contributed by atoms with Gasteiger partial charge in [0.1, 0.15) is 11.8 Å². The largest absolute Gasteiger partial charge is 0.477 e. The summed E-state index contributed by atoms with van der Waals surface area (Å²) < 4.78 is 42.3. The summed E-state index contributed by atoms with van der Waals surface area (Å²) in [4.78, 5) is 0. The Labute approximate surface area is 96.6 Å². The number of ether oxygens (including phenoxy) is 1. The number of terminal acetylenes is 1. The van der Waals surface area contributed by atoms with Crippen LogP contribution in [0.3, 0.4) is 0 Å². The van der Waals surface area contributed by atoms with Crippen molar-refractivity contribution >= 4 is 0 Å². The van der Waals surface area contributed by atoms with E-state index in [4.69, 9.17) is 16.4 Å². The van der Waals surface area contributed by atoms with Crippen molar-refractivity contribution in [3.8, 4) is 24.2 Å². The molecule has 2 nitrogen and oxygen atoms in total. The Balaban J connectivity index is 3.13. The zero-order chi connectivity index (χ0) is 13.1. The van der Waals surface area contributed by atoms with E-state index in [1.807, 2.05) is 0 Å². The monoisotopic (exact) mass is 239 g/mol. The number of nitriles is 1. The van der Waals surface area contributed by atoms with E-state index in [-0.39, 0.29) is 11.3 Å². The normalized spacial score (nSPS) is 12.4. The molecule has 0 amide bonds. The topological polar surface area (TPSA) is 33.0 Å². The Bertz CT molecular complexity index is 494. The van der Waals surface area contributed by atoms with Gasteiger partial charge in [-0.15, -0.1) is 6.42 Å². The highest BCUT2D eigenvalue weighted by molar-refractivity contribution is 5.46. The Morgan fingerprint density at radius 2 is 2.06 bits per heavy atom. The molecule has 0 heterocycles. The predicted octanol–water partition coefficient (Wildman–Crippen LogP) is 2.98. The SMILES string of the molecule is C#CC(C)Oc1ccc(C(F)(F)F)cc1C#N. The van der Waals surface area contributed by atoms with Crippen LogP contribution in [0.15, 0.2) is 18.2 Å². The molecule has 17 heavy (non-hydrogen) atoms. The lowest BCUT2D eigenvalue weighted by Gasteiger charge is -2.12. The quantitative estimate of drug-likeness (QED) is 0.743. The van der Waals surface area contributed by atoms with Crippen LogP contribution in [0.5, 0.6) is 5.75 Å². The lowest BCUT2D eigenvalue weighted by atomic mass is 10.1. The summed E-state index contributed by atoms with van der Waals surface area (Å²) in [5.41, 5.74) is -1.09. The molecule has 0 aromatic heterocycles. The van der Waals surface area contributed by atoms with Crippen LogP contribution in [0.2, 0.25) is 0 Å². The van der Waals surface area contributed by atoms with Crippen molar-refractivity contribution in [2.75, 3.05) is 0 Å². The molecule has 0 N–H and O–H groups in total. The molecule has 0 radical (unpaired) electrons. The van der Waals surface area contributed by atoms with Gasteiger partial charge in [0.15, 0.2) is 6.10 Å². The molecule has 0 aliphatic carbocycles. The van der Waals surface area contributed by atoms with Gasteiger partial charge >= 0.3 is 6.18 Å². The van der Waals surface area contributed by atoms with Crippen LogP contribution in [0.1, 0.15) is 18.1 Å². The minimum atomic E-state index is -4.48. The number of rotatable bonds is 2. The zero-order valence-corrected chi connectivity index (χ0v) is 8.88. The maximum Gasteiger partial charge on any atom is 0.416 e. The van der Waals surface area contributed by atoms with Gasteiger partial charge in [0.25, 0.3) is 0 Å². The molecule has 1 atom stereocenters. The van der Waals surface area contributed by atoms with Crippen LogP contribution >= 0.6 is 0 Å². The molecule has 0 saturated heterocycles. The molecule has 0 aliphatic heterocycles. The molecule has 0 fully saturated rings. The van der Waals surface area contributed by atoms with Gasteiger partial charge in [-0.3, -0.25) is 0 Å². The average Bonchev–Trinajstić information content (AvgIpc) is 2.27. The van der Waals surface area contributed by atoms with Crippen LogP contribution in [-0.2, 0) is 6.18 Å². The summed E-state index contributed by atoms with van der Waals surface area (Å²) in [5.74, 6) is 2.30. The summed E-state index contributed by atoms with van der Waals surface area (Å²) in [6.45, 7) is 1.55. The molecule has 5 heteroatoms. The third-order valence-corrected chi connectivity index (χ3v) is 1.97. The smallest absolute Gasteiger partial charge is 0.416 e. The Morgan fingerprint density at radius 1 is 1.41 bits per heavy atom. The fourth-order valence-electron chi connectivity index (χ4n) is 1.12. The summed E-state index contributed by atoms with van der Waals surface area (Å²) in [7, 11) is 0. The fourth-order valence-corrected chi connectivity index (χ4v) is 1.12. The second-order valence-corrected chi connectivity index (χ2v) is 3.25. The van der Waals surface area contributed by atoms with Crippen LogP contribution < -0.4 is 4.74 Å². The van der Waals surface area contributed by atoms with Gasteiger partial charge in [-0.2, -0.15) is 18.4 Å². The maximum absolute atomic E-state index is 12.4. The summed E-state index contributed by atoms with van der Waals surface area (Å²) in [5, 5.41) is 8.75. The Kier molecular flexibility index (Phi) is 3.65. The van der Waals surface area contributed by atoms with Gasteiger partial charge in [-0.25, -0.2) is 0 Å². The van der Waals surface area contributed by atoms with E-state index < -0.39 is 17.8 Å². The first-order chi connectivity index (χ1) is 7.88. The fraction of sp³-hybridized carbons (Fsp3) is 0.250. The van der Waals surface area contributed by atoms with E-state index in [0.29, 0.717) is 0 Å². The van der Waals surface area contributed by atoms with E-state index in [2.05, 4.69) is 5.92 Å². The van der Waals surface area contributed by atoms with Crippen LogP contribution in [0.25, 0.3) is 0 Å². The minimum Gasteiger partial charge on any atom is -0.477 e. The number of alkyl halides is 3. The van der Waals surface area contributed by atoms with Crippen molar-refractivity contribution in [3.63, 3.8) is 0 Å². The van der Waals surface area contributed by atoms with E-state index in [1.165, 1.54) is 0 Å². The highest BCUT2D eigenvalue weighted by atomic mass is 19.4. The van der Waals surface area contributed by atoms with E-state index >= 15 is 0 Å². The first-order valence-electron chi connectivity index (χ1n) is 4.62. The van der Waals surface area contributed by atoms with Crippen molar-refractivity contribution < 1.29 is 17.9 Å². The van der Waals surface area contributed by atoms with Crippen LogP contribution in [0, 0.1) is 23.7 Å². The lowest BCUT2D eigenvalue weighted by Crippen LogP contribution is -2.10. The van der Waals surface area contributed by atoms with Gasteiger partial charge in [-0.05, 0) is 25.1 Å². The summed E-state index contributed by atoms with van der Waals surface area (Å²) in [6.07, 6.45) is -0.0238. The summed E-state index contributed by atoms with van der Waals surface area (Å²) in [6, 6.07) is 4.32. The molecule has 1 rings (SSSR count). The number of nitrogens with zero attached hydrogens (tertiary/aromatic N) is 1. The first-order valence-corrected chi connectivity index (χ1v) is 4.62. The molecule has 0 bridgehead atoms. The highest BCUT2D eigenvalue weighted by Crippen LogP contribution is 2.32. The molecule has 88 valence electrons. The molecule has 1 unspecified atom stereocenters. The van der Waals surface area contributed by atoms with Gasteiger partial charge in [0.05, 0.1) is 11.1 Å². The average molecular weight is 239 g/mol. The summed E-state index contributed by atoms with van der Waals surface area (Å²) >= 11 is 0. The lowest BCUT2D eigenvalue weighted by molar-refractivity contribution is -0.137. The van der Waals surface area contributed by atoms with Gasteiger partial charge in [-0.1, -0.05) is 5.92 Å². The first kappa shape index (κ1) is 12.9. The third kappa shape index (κ3) is 3.15. The van der Waals surface area contributed by atoms with Crippen molar-refractivity contribution in [1.82, 2.24) is 0 Å². The van der Waals surface area contributed by atoms with E-state index in [1.54, 1.807) is 13.0 Å². The Hall–Kier alpha value is -2.14. The molecule has 0 saturated carbocycles. The van der Waals surface area contributed by atoms with Crippen LogP contribution in [0.4, 0.5) is 13.2 Å². The third-order valence-electron chi connectivity index (χ3n) is 1.97. The van der Waals surface area contributed by atoms with Crippen molar-refractivity contribution in [2.24, 2.45) is 0 Å². The number of hydrogen-bond donors (Lipinski definition) is 0. The molecule has 1 aromatic carbocycles. The second kappa shape index (κ2) is 4.80. The van der Waals surface area contributed by atoms with Crippen molar-refractivity contribution in [2.45, 2.75) is 19.2 Å². The number of halogens is 3. The standard InChI is InChI=1S/C12H8F3NO/c1-3-8(2)17-11-5-4-10(12(13,14)15)6-9(11)7-16/h1,4-6,8H,2H3.